The summed E-state index contributed by atoms with van der Waals surface area (Å²) in [5, 5.41) is 18.3. The number of carbonyl (C=O) groups is 1. The molecule has 0 unspecified atom stereocenters. The van der Waals surface area contributed by atoms with Gasteiger partial charge in [0.15, 0.2) is 11.4 Å². The van der Waals surface area contributed by atoms with Crippen molar-refractivity contribution in [2.24, 2.45) is 0 Å². The van der Waals surface area contributed by atoms with E-state index in [4.69, 9.17) is 5.11 Å². The zero-order valence-corrected chi connectivity index (χ0v) is 8.28. The summed E-state index contributed by atoms with van der Waals surface area (Å²) >= 11 is 0. The molecule has 0 amide bonds. The van der Waals surface area contributed by atoms with Crippen LogP contribution < -0.4 is 0 Å². The van der Waals surface area contributed by atoms with Gasteiger partial charge in [0.05, 0.1) is 6.61 Å². The van der Waals surface area contributed by atoms with Crippen molar-refractivity contribution in [1.29, 1.82) is 0 Å². The predicted octanol–water partition coefficient (Wildman–Crippen LogP) is 1.61. The molecular formula is C9H9F2NO4. The summed E-state index contributed by atoms with van der Waals surface area (Å²) in [6, 6.07) is 0.626. The lowest BCUT2D eigenvalue weighted by atomic mass is 10.2. The zero-order chi connectivity index (χ0) is 12.3. The van der Waals surface area contributed by atoms with Gasteiger partial charge in [-0.3, -0.25) is 0 Å². The van der Waals surface area contributed by atoms with Crippen molar-refractivity contribution in [3.63, 3.8) is 0 Å². The highest BCUT2D eigenvalue weighted by atomic mass is 19.3. The summed E-state index contributed by atoms with van der Waals surface area (Å²) in [7, 11) is 0. The van der Waals surface area contributed by atoms with Gasteiger partial charge in [0.2, 0.25) is 0 Å². The molecule has 0 aliphatic rings. The van der Waals surface area contributed by atoms with Gasteiger partial charge in [0.1, 0.15) is 11.4 Å². The highest BCUT2D eigenvalue weighted by Crippen LogP contribution is 2.31. The van der Waals surface area contributed by atoms with E-state index in [2.05, 4.69) is 9.72 Å². The van der Waals surface area contributed by atoms with E-state index in [1.807, 2.05) is 0 Å². The van der Waals surface area contributed by atoms with Crippen molar-refractivity contribution in [1.82, 2.24) is 4.98 Å². The SMILES string of the molecule is CCOC(=O)c1nc(C(F)F)c(O)cc1O. The lowest BCUT2D eigenvalue weighted by Crippen LogP contribution is -2.09. The van der Waals surface area contributed by atoms with Crippen molar-refractivity contribution in [2.45, 2.75) is 13.3 Å². The van der Waals surface area contributed by atoms with Gasteiger partial charge in [-0.2, -0.15) is 0 Å². The van der Waals surface area contributed by atoms with Crippen LogP contribution in [-0.4, -0.2) is 27.8 Å². The van der Waals surface area contributed by atoms with Crippen LogP contribution in [0.5, 0.6) is 11.5 Å². The molecule has 0 aromatic carbocycles. The zero-order valence-electron chi connectivity index (χ0n) is 8.28. The van der Waals surface area contributed by atoms with Gasteiger partial charge < -0.3 is 14.9 Å². The van der Waals surface area contributed by atoms with Crippen molar-refractivity contribution in [3.05, 3.63) is 17.5 Å². The van der Waals surface area contributed by atoms with Crippen LogP contribution in [0.2, 0.25) is 0 Å². The minimum Gasteiger partial charge on any atom is -0.506 e. The first-order valence-corrected chi connectivity index (χ1v) is 4.35. The van der Waals surface area contributed by atoms with E-state index >= 15 is 0 Å². The van der Waals surface area contributed by atoms with Crippen LogP contribution in [0.1, 0.15) is 29.5 Å². The van der Waals surface area contributed by atoms with E-state index in [1.165, 1.54) is 6.92 Å². The number of hydrogen-bond acceptors (Lipinski definition) is 5. The van der Waals surface area contributed by atoms with Crippen molar-refractivity contribution >= 4 is 5.97 Å². The van der Waals surface area contributed by atoms with Gasteiger partial charge in [-0.15, -0.1) is 0 Å². The van der Waals surface area contributed by atoms with Crippen LogP contribution in [-0.2, 0) is 4.74 Å². The summed E-state index contributed by atoms with van der Waals surface area (Å²) in [5.41, 5.74) is -1.61. The summed E-state index contributed by atoms with van der Waals surface area (Å²) < 4.78 is 29.2. The number of alkyl halides is 2. The first kappa shape index (κ1) is 12.2. The molecule has 0 atom stereocenters. The van der Waals surface area contributed by atoms with Crippen LogP contribution in [0, 0.1) is 0 Å². The first-order valence-electron chi connectivity index (χ1n) is 4.35. The number of carbonyl (C=O) groups excluding carboxylic acids is 1. The fourth-order valence-corrected chi connectivity index (χ4v) is 1.02. The van der Waals surface area contributed by atoms with Gasteiger partial charge >= 0.3 is 5.97 Å². The van der Waals surface area contributed by atoms with Gasteiger partial charge in [-0.05, 0) is 6.92 Å². The van der Waals surface area contributed by atoms with Crippen molar-refractivity contribution < 1.29 is 28.5 Å². The molecule has 0 saturated heterocycles. The molecule has 0 saturated carbocycles. The number of aromatic nitrogens is 1. The Bertz CT molecular complexity index is 409. The largest absolute Gasteiger partial charge is 0.506 e. The number of nitrogens with zero attached hydrogens (tertiary/aromatic N) is 1. The monoisotopic (exact) mass is 233 g/mol. The average molecular weight is 233 g/mol. The molecule has 1 heterocycles. The van der Waals surface area contributed by atoms with E-state index in [9.17, 15) is 18.7 Å². The molecule has 5 nitrogen and oxygen atoms in total. The topological polar surface area (TPSA) is 79.7 Å². The molecule has 0 radical (unpaired) electrons. The third kappa shape index (κ3) is 2.36. The third-order valence-corrected chi connectivity index (χ3v) is 1.69. The molecule has 2 N–H and O–H groups in total. The smallest absolute Gasteiger partial charge is 0.360 e. The Morgan fingerprint density at radius 2 is 2.12 bits per heavy atom. The van der Waals surface area contributed by atoms with E-state index < -0.39 is 35.3 Å². The van der Waals surface area contributed by atoms with Crippen LogP contribution in [0.4, 0.5) is 8.78 Å². The van der Waals surface area contributed by atoms with Crippen LogP contribution in [0.3, 0.4) is 0 Å². The van der Waals surface area contributed by atoms with Gasteiger partial charge in [0, 0.05) is 6.07 Å². The molecule has 16 heavy (non-hydrogen) atoms. The molecule has 88 valence electrons. The second kappa shape index (κ2) is 4.73. The molecule has 0 bridgehead atoms. The Balaban J connectivity index is 3.19. The number of aromatic hydroxyl groups is 2. The van der Waals surface area contributed by atoms with Gasteiger partial charge in [-0.1, -0.05) is 0 Å². The minimum atomic E-state index is -3.05. The second-order valence-corrected chi connectivity index (χ2v) is 2.78. The van der Waals surface area contributed by atoms with E-state index in [0.29, 0.717) is 6.07 Å². The Morgan fingerprint density at radius 1 is 1.50 bits per heavy atom. The Kier molecular flexibility index (Phi) is 3.60. The average Bonchev–Trinajstić information content (AvgIpc) is 2.17. The summed E-state index contributed by atoms with van der Waals surface area (Å²) in [4.78, 5) is 14.3. The Hall–Kier alpha value is -1.92. The fraction of sp³-hybridized carbons (Fsp3) is 0.333. The molecule has 0 spiro atoms. The number of halogens is 2. The van der Waals surface area contributed by atoms with E-state index in [1.54, 1.807) is 0 Å². The van der Waals surface area contributed by atoms with Crippen molar-refractivity contribution in [3.8, 4) is 11.5 Å². The molecule has 0 aliphatic carbocycles. The number of pyridine rings is 1. The summed E-state index contributed by atoms with van der Waals surface area (Å²) in [6.07, 6.45) is -3.05. The Morgan fingerprint density at radius 3 is 2.62 bits per heavy atom. The summed E-state index contributed by atoms with van der Waals surface area (Å²) in [6.45, 7) is 1.54. The highest BCUT2D eigenvalue weighted by molar-refractivity contribution is 5.90. The maximum absolute atomic E-state index is 12.3. The lowest BCUT2D eigenvalue weighted by molar-refractivity contribution is 0.0514. The highest BCUT2D eigenvalue weighted by Gasteiger charge is 2.22. The maximum Gasteiger partial charge on any atom is 0.360 e. The minimum absolute atomic E-state index is 0.0187. The summed E-state index contributed by atoms with van der Waals surface area (Å²) in [5.74, 6) is -2.61. The first-order chi connectivity index (χ1) is 7.47. The molecule has 1 aromatic heterocycles. The normalized spacial score (nSPS) is 10.5. The number of hydrogen-bond donors (Lipinski definition) is 2. The fourth-order valence-electron chi connectivity index (χ4n) is 1.02. The molecule has 7 heteroatoms. The Labute approximate surface area is 89.3 Å². The molecule has 0 fully saturated rings. The number of ether oxygens (including phenoxy) is 1. The quantitative estimate of drug-likeness (QED) is 0.775. The van der Waals surface area contributed by atoms with Gasteiger partial charge in [-0.25, -0.2) is 18.6 Å². The number of esters is 1. The van der Waals surface area contributed by atoms with Crippen LogP contribution >= 0.6 is 0 Å². The molecular weight excluding hydrogens is 224 g/mol. The molecule has 1 rings (SSSR count). The number of rotatable bonds is 3. The lowest BCUT2D eigenvalue weighted by Gasteiger charge is -2.07. The second-order valence-electron chi connectivity index (χ2n) is 2.78. The van der Waals surface area contributed by atoms with Crippen LogP contribution in [0.15, 0.2) is 6.07 Å². The maximum atomic E-state index is 12.3. The standard InChI is InChI=1S/C9H9F2NO4/c1-2-16-9(15)7-5(14)3-4(13)6(12-7)8(10)11/h3,8,13-14H,2H2,1H3. The predicted molar refractivity (Wildman–Crippen MR) is 48.5 cm³/mol. The van der Waals surface area contributed by atoms with E-state index in [-0.39, 0.29) is 6.61 Å². The van der Waals surface area contributed by atoms with Crippen molar-refractivity contribution in [2.75, 3.05) is 6.61 Å². The molecule has 1 aromatic rings. The third-order valence-electron chi connectivity index (χ3n) is 1.69. The molecule has 0 aliphatic heterocycles. The van der Waals surface area contributed by atoms with Crippen LogP contribution in [0.25, 0.3) is 0 Å². The van der Waals surface area contributed by atoms with Gasteiger partial charge in [0.25, 0.3) is 6.43 Å². The van der Waals surface area contributed by atoms with E-state index in [0.717, 1.165) is 0 Å².